The quantitative estimate of drug-likeness (QED) is 0.633. The number of allylic oxidation sites excluding steroid dienone is 2. The molecule has 1 aromatic rings. The van der Waals surface area contributed by atoms with Gasteiger partial charge in [0.05, 0.1) is 11.2 Å². The zero-order chi connectivity index (χ0) is 15.8. The number of aromatic nitrogens is 1. The van der Waals surface area contributed by atoms with Crippen LogP contribution < -0.4 is 5.46 Å². The van der Waals surface area contributed by atoms with Crippen LogP contribution in [-0.4, -0.2) is 23.3 Å². The van der Waals surface area contributed by atoms with Gasteiger partial charge in [0.15, 0.2) is 0 Å². The highest BCUT2D eigenvalue weighted by Crippen LogP contribution is 2.36. The monoisotopic (exact) mass is 299 g/mol. The van der Waals surface area contributed by atoms with Gasteiger partial charge in [0.2, 0.25) is 0 Å². The molecule has 0 atom stereocenters. The van der Waals surface area contributed by atoms with Gasteiger partial charge in [-0.15, -0.1) is 0 Å². The summed E-state index contributed by atoms with van der Waals surface area (Å²) in [6.07, 6.45) is 10.4. The molecular formula is C18H26BNO2. The summed E-state index contributed by atoms with van der Waals surface area (Å²) in [5, 5.41) is 0. The molecule has 22 heavy (non-hydrogen) atoms. The van der Waals surface area contributed by atoms with Gasteiger partial charge in [0.1, 0.15) is 0 Å². The second-order valence-electron chi connectivity index (χ2n) is 7.46. The Morgan fingerprint density at radius 1 is 1.09 bits per heavy atom. The van der Waals surface area contributed by atoms with E-state index in [0.717, 1.165) is 17.6 Å². The van der Waals surface area contributed by atoms with Gasteiger partial charge in [0, 0.05) is 23.8 Å². The highest BCUT2D eigenvalue weighted by atomic mass is 16.7. The minimum atomic E-state index is -0.319. The molecule has 0 N–H and O–H groups in total. The maximum atomic E-state index is 6.07. The molecule has 0 unspecified atom stereocenters. The molecule has 0 spiro atoms. The first-order valence-corrected chi connectivity index (χ1v) is 8.36. The van der Waals surface area contributed by atoms with Crippen LogP contribution in [0.25, 0.3) is 0 Å². The lowest BCUT2D eigenvalue weighted by molar-refractivity contribution is 0.00578. The van der Waals surface area contributed by atoms with E-state index in [1.54, 1.807) is 0 Å². The summed E-state index contributed by atoms with van der Waals surface area (Å²) in [5.74, 6) is 0. The predicted molar refractivity (Wildman–Crippen MR) is 90.2 cm³/mol. The summed E-state index contributed by atoms with van der Waals surface area (Å²) in [7, 11) is -0.319. The molecule has 118 valence electrons. The lowest BCUT2D eigenvalue weighted by Crippen LogP contribution is -2.41. The van der Waals surface area contributed by atoms with Crippen molar-refractivity contribution >= 4 is 12.6 Å². The highest BCUT2D eigenvalue weighted by Gasteiger charge is 2.51. The van der Waals surface area contributed by atoms with Crippen molar-refractivity contribution in [3.05, 3.63) is 35.7 Å². The number of hydrogen-bond acceptors (Lipinski definition) is 3. The zero-order valence-electron chi connectivity index (χ0n) is 14.2. The van der Waals surface area contributed by atoms with Crippen LogP contribution in [0.4, 0.5) is 0 Å². The lowest BCUT2D eigenvalue weighted by atomic mass is 9.80. The van der Waals surface area contributed by atoms with Crippen LogP contribution in [0.15, 0.2) is 30.0 Å². The van der Waals surface area contributed by atoms with Crippen LogP contribution in [0.5, 0.6) is 0 Å². The zero-order valence-corrected chi connectivity index (χ0v) is 14.2. The van der Waals surface area contributed by atoms with Gasteiger partial charge in [0.25, 0.3) is 0 Å². The molecule has 0 amide bonds. The van der Waals surface area contributed by atoms with Crippen molar-refractivity contribution in [2.24, 2.45) is 0 Å². The van der Waals surface area contributed by atoms with Crippen molar-refractivity contribution in [1.29, 1.82) is 0 Å². The van der Waals surface area contributed by atoms with E-state index in [4.69, 9.17) is 9.31 Å². The van der Waals surface area contributed by atoms with Gasteiger partial charge in [-0.2, -0.15) is 0 Å². The number of nitrogens with zero attached hydrogens (tertiary/aromatic N) is 1. The summed E-state index contributed by atoms with van der Waals surface area (Å²) in [6, 6.07) is 4.20. The van der Waals surface area contributed by atoms with Gasteiger partial charge in [-0.3, -0.25) is 4.98 Å². The molecule has 0 bridgehead atoms. The summed E-state index contributed by atoms with van der Waals surface area (Å²) in [5.41, 5.74) is 3.06. The molecule has 1 aromatic heterocycles. The van der Waals surface area contributed by atoms with Gasteiger partial charge < -0.3 is 9.31 Å². The Kier molecular flexibility index (Phi) is 4.17. The van der Waals surface area contributed by atoms with Crippen LogP contribution in [0.1, 0.15) is 59.1 Å². The third-order valence-corrected chi connectivity index (χ3v) is 5.17. The van der Waals surface area contributed by atoms with Gasteiger partial charge >= 0.3 is 7.12 Å². The molecule has 2 heterocycles. The van der Waals surface area contributed by atoms with Crippen LogP contribution in [-0.2, 0) is 15.7 Å². The summed E-state index contributed by atoms with van der Waals surface area (Å²) in [4.78, 5) is 4.61. The third kappa shape index (κ3) is 3.13. The van der Waals surface area contributed by atoms with E-state index < -0.39 is 0 Å². The van der Waals surface area contributed by atoms with Gasteiger partial charge in [-0.25, -0.2) is 0 Å². The molecule has 2 aliphatic rings. The van der Waals surface area contributed by atoms with Gasteiger partial charge in [-0.05, 0) is 59.4 Å². The normalized spacial score (nSPS) is 23.5. The van der Waals surface area contributed by atoms with Crippen molar-refractivity contribution in [1.82, 2.24) is 4.98 Å². The molecule has 1 saturated heterocycles. The lowest BCUT2D eigenvalue weighted by Gasteiger charge is -2.32. The summed E-state index contributed by atoms with van der Waals surface area (Å²) < 4.78 is 12.1. The van der Waals surface area contributed by atoms with Gasteiger partial charge in [-0.1, -0.05) is 17.7 Å². The largest absolute Gasteiger partial charge is 0.496 e. The average molecular weight is 299 g/mol. The van der Waals surface area contributed by atoms with Crippen LogP contribution in [0.3, 0.4) is 0 Å². The maximum Gasteiger partial charge on any atom is 0.496 e. The minimum Gasteiger partial charge on any atom is -0.399 e. The van der Waals surface area contributed by atoms with E-state index >= 15 is 0 Å². The Hall–Kier alpha value is -1.13. The first-order chi connectivity index (χ1) is 10.4. The van der Waals surface area contributed by atoms with Crippen molar-refractivity contribution in [2.45, 2.75) is 71.0 Å². The average Bonchev–Trinajstić information content (AvgIpc) is 2.69. The molecule has 1 aliphatic heterocycles. The van der Waals surface area contributed by atoms with Crippen molar-refractivity contribution < 1.29 is 9.31 Å². The topological polar surface area (TPSA) is 31.4 Å². The first-order valence-electron chi connectivity index (χ1n) is 8.36. The second-order valence-corrected chi connectivity index (χ2v) is 7.46. The number of pyridine rings is 1. The molecule has 0 aromatic carbocycles. The molecule has 1 aliphatic carbocycles. The summed E-state index contributed by atoms with van der Waals surface area (Å²) >= 11 is 0. The Morgan fingerprint density at radius 2 is 1.82 bits per heavy atom. The second kappa shape index (κ2) is 5.82. The van der Waals surface area contributed by atoms with E-state index in [1.165, 1.54) is 31.3 Å². The molecule has 0 radical (unpaired) electrons. The van der Waals surface area contributed by atoms with Crippen molar-refractivity contribution in [3.63, 3.8) is 0 Å². The number of hydrogen-bond donors (Lipinski definition) is 0. The van der Waals surface area contributed by atoms with E-state index in [0.29, 0.717) is 0 Å². The summed E-state index contributed by atoms with van der Waals surface area (Å²) in [6.45, 7) is 8.30. The fourth-order valence-corrected chi connectivity index (χ4v) is 2.96. The third-order valence-electron chi connectivity index (χ3n) is 5.17. The van der Waals surface area contributed by atoms with E-state index in [1.807, 2.05) is 6.20 Å². The van der Waals surface area contributed by atoms with Crippen molar-refractivity contribution in [2.75, 3.05) is 0 Å². The maximum absolute atomic E-state index is 6.07. The molecule has 1 fully saturated rings. The molecule has 4 heteroatoms. The van der Waals surface area contributed by atoms with E-state index in [2.05, 4.69) is 50.9 Å². The Morgan fingerprint density at radius 3 is 2.36 bits per heavy atom. The smallest absolute Gasteiger partial charge is 0.399 e. The predicted octanol–water partition coefficient (Wildman–Crippen LogP) is 3.42. The Labute approximate surface area is 134 Å². The highest BCUT2D eigenvalue weighted by molar-refractivity contribution is 6.62. The van der Waals surface area contributed by atoms with E-state index in [-0.39, 0.29) is 18.3 Å². The van der Waals surface area contributed by atoms with Crippen LogP contribution in [0.2, 0.25) is 0 Å². The Balaban J connectivity index is 1.68. The minimum absolute atomic E-state index is 0.302. The standard InChI is InChI=1S/C18H26BNO2/c1-17(2)18(3,4)22-19(21-17)15-10-11-16(20-13-15)12-14-8-6-5-7-9-14/h8,10-11,13H,5-7,9,12H2,1-4H3. The molecule has 3 nitrogen and oxygen atoms in total. The van der Waals surface area contributed by atoms with Crippen LogP contribution >= 0.6 is 0 Å². The van der Waals surface area contributed by atoms with Crippen LogP contribution in [0, 0.1) is 0 Å². The van der Waals surface area contributed by atoms with E-state index in [9.17, 15) is 0 Å². The fourth-order valence-electron chi connectivity index (χ4n) is 2.96. The molecule has 3 rings (SSSR count). The first kappa shape index (κ1) is 15.8. The number of rotatable bonds is 3. The Bertz CT molecular complexity index is 547. The van der Waals surface area contributed by atoms with Crippen molar-refractivity contribution in [3.8, 4) is 0 Å². The SMILES string of the molecule is CC1(C)OB(c2ccc(CC3=CCCCC3)nc2)OC1(C)C. The molecular weight excluding hydrogens is 273 g/mol. The molecule has 0 saturated carbocycles. The fraction of sp³-hybridized carbons (Fsp3) is 0.611.